The molecule has 0 aliphatic carbocycles. The van der Waals surface area contributed by atoms with Gasteiger partial charge in [0.15, 0.2) is 5.78 Å². The molecule has 2 heteroatoms. The highest BCUT2D eigenvalue weighted by molar-refractivity contribution is 6.36. The summed E-state index contributed by atoms with van der Waals surface area (Å²) >= 11 is 6.22. The van der Waals surface area contributed by atoms with Crippen molar-refractivity contribution in [3.05, 3.63) is 81.9 Å². The van der Waals surface area contributed by atoms with E-state index in [4.69, 9.17) is 11.6 Å². The Hall–Kier alpha value is -2.12. The van der Waals surface area contributed by atoms with Gasteiger partial charge in [0.2, 0.25) is 0 Å². The first-order valence-corrected chi connectivity index (χ1v) is 7.25. The number of aryl methyl sites for hydroxylation is 1. The Balaban J connectivity index is 2.23. The molecule has 0 saturated carbocycles. The highest BCUT2D eigenvalue weighted by atomic mass is 35.5. The first-order valence-electron chi connectivity index (χ1n) is 6.88. The molecule has 0 aromatic heterocycles. The summed E-state index contributed by atoms with van der Waals surface area (Å²) in [6.45, 7) is 4.01. The van der Waals surface area contributed by atoms with E-state index in [1.54, 1.807) is 6.07 Å². The standard InChI is InChI=1S/C19H15ClO/c1-12-6-5-9-14(13(12)2)19(21)17-10-11-18(20)16-8-4-3-7-15(16)17/h3-11H,1-2H3. The van der Waals surface area contributed by atoms with Crippen molar-refractivity contribution in [1.29, 1.82) is 0 Å². The molecule has 0 N–H and O–H groups in total. The van der Waals surface area contributed by atoms with Gasteiger partial charge >= 0.3 is 0 Å². The van der Waals surface area contributed by atoms with E-state index in [1.165, 1.54) is 0 Å². The van der Waals surface area contributed by atoms with Crippen LogP contribution in [0.2, 0.25) is 5.02 Å². The van der Waals surface area contributed by atoms with Gasteiger partial charge in [-0.1, -0.05) is 54.1 Å². The minimum Gasteiger partial charge on any atom is -0.289 e. The SMILES string of the molecule is Cc1cccc(C(=O)c2ccc(Cl)c3ccccc23)c1C. The second-order valence-corrected chi connectivity index (χ2v) is 5.62. The molecule has 0 aliphatic rings. The quantitative estimate of drug-likeness (QED) is 0.583. The minimum absolute atomic E-state index is 0.0454. The molecule has 0 atom stereocenters. The molecule has 0 amide bonds. The van der Waals surface area contributed by atoms with Crippen molar-refractivity contribution in [2.24, 2.45) is 0 Å². The lowest BCUT2D eigenvalue weighted by Crippen LogP contribution is -2.05. The second-order valence-electron chi connectivity index (χ2n) is 5.22. The fourth-order valence-electron chi connectivity index (χ4n) is 2.60. The van der Waals surface area contributed by atoms with Crippen LogP contribution in [0.4, 0.5) is 0 Å². The Labute approximate surface area is 129 Å². The lowest BCUT2D eigenvalue weighted by molar-refractivity contribution is 0.103. The molecule has 0 aliphatic heterocycles. The maximum atomic E-state index is 12.9. The van der Waals surface area contributed by atoms with Crippen LogP contribution in [-0.2, 0) is 0 Å². The van der Waals surface area contributed by atoms with E-state index in [9.17, 15) is 4.79 Å². The molecule has 0 bridgehead atoms. The number of halogens is 1. The minimum atomic E-state index is 0.0454. The van der Waals surface area contributed by atoms with Gasteiger partial charge in [0.25, 0.3) is 0 Å². The summed E-state index contributed by atoms with van der Waals surface area (Å²) in [5, 5.41) is 2.48. The fraction of sp³-hybridized carbons (Fsp3) is 0.105. The third kappa shape index (κ3) is 2.34. The van der Waals surface area contributed by atoms with Crippen molar-refractivity contribution in [1.82, 2.24) is 0 Å². The van der Waals surface area contributed by atoms with Crippen molar-refractivity contribution in [2.75, 3.05) is 0 Å². The van der Waals surface area contributed by atoms with E-state index < -0.39 is 0 Å². The van der Waals surface area contributed by atoms with Crippen molar-refractivity contribution >= 4 is 28.2 Å². The van der Waals surface area contributed by atoms with Gasteiger partial charge in [0.05, 0.1) is 0 Å². The van der Waals surface area contributed by atoms with E-state index >= 15 is 0 Å². The Morgan fingerprint density at radius 2 is 1.52 bits per heavy atom. The van der Waals surface area contributed by atoms with Gasteiger partial charge in [-0.15, -0.1) is 0 Å². The molecule has 3 aromatic rings. The molecule has 21 heavy (non-hydrogen) atoms. The van der Waals surface area contributed by atoms with Gasteiger partial charge in [-0.3, -0.25) is 4.79 Å². The largest absolute Gasteiger partial charge is 0.289 e. The topological polar surface area (TPSA) is 17.1 Å². The lowest BCUT2D eigenvalue weighted by Gasteiger charge is -2.10. The van der Waals surface area contributed by atoms with E-state index in [1.807, 2.05) is 62.4 Å². The van der Waals surface area contributed by atoms with Crippen LogP contribution in [-0.4, -0.2) is 5.78 Å². The van der Waals surface area contributed by atoms with Crippen LogP contribution in [0, 0.1) is 13.8 Å². The number of hydrogen-bond donors (Lipinski definition) is 0. The number of carbonyl (C=O) groups is 1. The van der Waals surface area contributed by atoms with Crippen molar-refractivity contribution in [3.8, 4) is 0 Å². The summed E-state index contributed by atoms with van der Waals surface area (Å²) in [7, 11) is 0. The molecular weight excluding hydrogens is 280 g/mol. The third-order valence-electron chi connectivity index (χ3n) is 3.96. The summed E-state index contributed by atoms with van der Waals surface area (Å²) in [5.41, 5.74) is 3.60. The number of rotatable bonds is 2. The zero-order valence-electron chi connectivity index (χ0n) is 12.0. The van der Waals surface area contributed by atoms with Gasteiger partial charge < -0.3 is 0 Å². The summed E-state index contributed by atoms with van der Waals surface area (Å²) in [4.78, 5) is 12.9. The first kappa shape index (κ1) is 13.8. The smallest absolute Gasteiger partial charge is 0.193 e. The van der Waals surface area contributed by atoms with Crippen LogP contribution in [0.15, 0.2) is 54.6 Å². The molecule has 104 valence electrons. The molecule has 0 radical (unpaired) electrons. The molecule has 3 rings (SSSR count). The molecule has 1 nitrogen and oxygen atoms in total. The van der Waals surface area contributed by atoms with Crippen molar-refractivity contribution in [2.45, 2.75) is 13.8 Å². The number of benzene rings is 3. The van der Waals surface area contributed by atoms with Crippen LogP contribution in [0.1, 0.15) is 27.0 Å². The number of ketones is 1. The normalized spacial score (nSPS) is 10.8. The summed E-state index contributed by atoms with van der Waals surface area (Å²) in [5.74, 6) is 0.0454. The zero-order valence-corrected chi connectivity index (χ0v) is 12.7. The summed E-state index contributed by atoms with van der Waals surface area (Å²) in [6.07, 6.45) is 0. The van der Waals surface area contributed by atoms with E-state index in [0.717, 1.165) is 27.5 Å². The maximum absolute atomic E-state index is 12.9. The summed E-state index contributed by atoms with van der Waals surface area (Å²) < 4.78 is 0. The van der Waals surface area contributed by atoms with E-state index in [0.29, 0.717) is 10.6 Å². The molecule has 0 spiro atoms. The second kappa shape index (κ2) is 5.34. The van der Waals surface area contributed by atoms with Crippen LogP contribution < -0.4 is 0 Å². The maximum Gasteiger partial charge on any atom is 0.193 e. The van der Waals surface area contributed by atoms with Crippen LogP contribution in [0.3, 0.4) is 0 Å². The molecular formula is C19H15ClO. The molecule has 3 aromatic carbocycles. The molecule has 0 unspecified atom stereocenters. The number of hydrogen-bond acceptors (Lipinski definition) is 1. The van der Waals surface area contributed by atoms with E-state index in [2.05, 4.69) is 0 Å². The highest BCUT2D eigenvalue weighted by Gasteiger charge is 2.16. The number of fused-ring (bicyclic) bond motifs is 1. The van der Waals surface area contributed by atoms with E-state index in [-0.39, 0.29) is 5.78 Å². The van der Waals surface area contributed by atoms with Crippen LogP contribution >= 0.6 is 11.6 Å². The fourth-order valence-corrected chi connectivity index (χ4v) is 2.83. The third-order valence-corrected chi connectivity index (χ3v) is 4.29. The molecule has 0 fully saturated rings. The molecule has 0 saturated heterocycles. The van der Waals surface area contributed by atoms with Crippen LogP contribution in [0.5, 0.6) is 0 Å². The van der Waals surface area contributed by atoms with Gasteiger partial charge in [-0.2, -0.15) is 0 Å². The Bertz CT molecular complexity index is 849. The average Bonchev–Trinajstić information content (AvgIpc) is 2.50. The van der Waals surface area contributed by atoms with Crippen LogP contribution in [0.25, 0.3) is 10.8 Å². The lowest BCUT2D eigenvalue weighted by atomic mass is 9.93. The Morgan fingerprint density at radius 1 is 0.810 bits per heavy atom. The predicted molar refractivity (Wildman–Crippen MR) is 88.3 cm³/mol. The summed E-state index contributed by atoms with van der Waals surface area (Å²) in [6, 6.07) is 17.2. The number of carbonyl (C=O) groups excluding carboxylic acids is 1. The monoisotopic (exact) mass is 294 g/mol. The van der Waals surface area contributed by atoms with Gasteiger partial charge in [-0.05, 0) is 42.5 Å². The van der Waals surface area contributed by atoms with Crippen molar-refractivity contribution < 1.29 is 4.79 Å². The highest BCUT2D eigenvalue weighted by Crippen LogP contribution is 2.28. The zero-order chi connectivity index (χ0) is 15.0. The van der Waals surface area contributed by atoms with Gasteiger partial charge in [-0.25, -0.2) is 0 Å². The first-order chi connectivity index (χ1) is 10.1. The Morgan fingerprint density at radius 3 is 2.29 bits per heavy atom. The van der Waals surface area contributed by atoms with Gasteiger partial charge in [0, 0.05) is 21.5 Å². The van der Waals surface area contributed by atoms with Crippen molar-refractivity contribution in [3.63, 3.8) is 0 Å². The Kier molecular flexibility index (Phi) is 3.52. The van der Waals surface area contributed by atoms with Gasteiger partial charge in [0.1, 0.15) is 0 Å². The predicted octanol–water partition coefficient (Wildman–Crippen LogP) is 5.34. The molecule has 0 heterocycles. The average molecular weight is 295 g/mol.